The number of nitrogens with zero attached hydrogens (tertiary/aromatic N) is 4. The minimum absolute atomic E-state index is 0. The molecule has 2 fully saturated rings. The summed E-state index contributed by atoms with van der Waals surface area (Å²) in [5.74, 6) is 0.183. The molecule has 2 atom stereocenters. The fourth-order valence-electron chi connectivity index (χ4n) is 3.04. The van der Waals surface area contributed by atoms with Crippen molar-refractivity contribution >= 4 is 18.3 Å². The van der Waals surface area contributed by atoms with E-state index in [1.54, 1.807) is 6.20 Å². The first-order chi connectivity index (χ1) is 9.81. The van der Waals surface area contributed by atoms with Crippen molar-refractivity contribution in [1.29, 1.82) is 0 Å². The topological polar surface area (TPSA) is 72.3 Å². The molecule has 2 aliphatic heterocycles. The van der Waals surface area contributed by atoms with Gasteiger partial charge in [0.15, 0.2) is 0 Å². The molecule has 116 valence electrons. The van der Waals surface area contributed by atoms with Gasteiger partial charge in [0.2, 0.25) is 5.91 Å². The Morgan fingerprint density at radius 3 is 3.10 bits per heavy atom. The lowest BCUT2D eigenvalue weighted by molar-refractivity contribution is -0.137. The van der Waals surface area contributed by atoms with Crippen LogP contribution in [0.4, 0.5) is 0 Å². The third-order valence-electron chi connectivity index (χ3n) is 4.40. The molecule has 7 nitrogen and oxygen atoms in total. The molecule has 0 unspecified atom stereocenters. The van der Waals surface area contributed by atoms with Gasteiger partial charge in [0.1, 0.15) is 0 Å². The fraction of sp³-hybridized carbons (Fsp3) is 0.769. The Morgan fingerprint density at radius 1 is 1.43 bits per heavy atom. The Morgan fingerprint density at radius 2 is 2.29 bits per heavy atom. The Kier molecular flexibility index (Phi) is 4.14. The molecule has 3 aliphatic rings. The van der Waals surface area contributed by atoms with E-state index in [0.29, 0.717) is 25.7 Å². The molecule has 0 bridgehead atoms. The van der Waals surface area contributed by atoms with Gasteiger partial charge < -0.3 is 15.0 Å². The minimum Gasteiger partial charge on any atom is -0.370 e. The number of halogens is 1. The van der Waals surface area contributed by atoms with Crippen LogP contribution in [0.1, 0.15) is 31.0 Å². The summed E-state index contributed by atoms with van der Waals surface area (Å²) in [4.78, 5) is 14.2. The van der Waals surface area contributed by atoms with Crippen molar-refractivity contribution in [2.24, 2.45) is 0 Å². The molecule has 21 heavy (non-hydrogen) atoms. The normalized spacial score (nSPS) is 27.5. The predicted molar refractivity (Wildman–Crippen MR) is 77.1 cm³/mol. The first-order valence-corrected chi connectivity index (χ1v) is 7.33. The van der Waals surface area contributed by atoms with Crippen molar-refractivity contribution in [1.82, 2.24) is 25.2 Å². The number of amides is 1. The van der Waals surface area contributed by atoms with E-state index in [9.17, 15) is 4.79 Å². The van der Waals surface area contributed by atoms with E-state index in [-0.39, 0.29) is 30.5 Å². The summed E-state index contributed by atoms with van der Waals surface area (Å²) in [5, 5.41) is 11.4. The molecule has 1 saturated carbocycles. The van der Waals surface area contributed by atoms with Crippen molar-refractivity contribution in [2.45, 2.75) is 44.1 Å². The molecule has 0 aromatic carbocycles. The molecular formula is C13H20ClN5O2. The zero-order valence-electron chi connectivity index (χ0n) is 11.8. The van der Waals surface area contributed by atoms with E-state index in [0.717, 1.165) is 18.7 Å². The number of likely N-dealkylation sites (tertiary alicyclic amines) is 1. The Labute approximate surface area is 129 Å². The first kappa shape index (κ1) is 14.7. The van der Waals surface area contributed by atoms with Crippen LogP contribution in [0.3, 0.4) is 0 Å². The van der Waals surface area contributed by atoms with Crippen molar-refractivity contribution in [3.63, 3.8) is 0 Å². The maximum absolute atomic E-state index is 12.2. The molecule has 1 aliphatic carbocycles. The number of piperidine rings is 1. The van der Waals surface area contributed by atoms with Crippen LogP contribution in [0.25, 0.3) is 0 Å². The van der Waals surface area contributed by atoms with Crippen LogP contribution in [0.2, 0.25) is 0 Å². The molecule has 1 aromatic heterocycles. The number of hydrogen-bond acceptors (Lipinski definition) is 5. The number of fused-ring (bicyclic) bond motifs is 3. The zero-order valence-corrected chi connectivity index (χ0v) is 12.6. The van der Waals surface area contributed by atoms with Gasteiger partial charge in [-0.3, -0.25) is 4.79 Å². The third kappa shape index (κ3) is 2.90. The average molecular weight is 314 g/mol. The van der Waals surface area contributed by atoms with E-state index < -0.39 is 0 Å². The minimum atomic E-state index is 0. The highest BCUT2D eigenvalue weighted by atomic mass is 35.5. The number of carbonyl (C=O) groups is 1. The lowest BCUT2D eigenvalue weighted by Gasteiger charge is -2.41. The van der Waals surface area contributed by atoms with Crippen LogP contribution in [0.15, 0.2) is 6.20 Å². The zero-order chi connectivity index (χ0) is 13.5. The van der Waals surface area contributed by atoms with Crippen LogP contribution in [0.5, 0.6) is 0 Å². The van der Waals surface area contributed by atoms with Gasteiger partial charge in [0, 0.05) is 19.1 Å². The van der Waals surface area contributed by atoms with Crippen LogP contribution in [0, 0.1) is 0 Å². The lowest BCUT2D eigenvalue weighted by atomic mass is 10.0. The highest BCUT2D eigenvalue weighted by Crippen LogP contribution is 2.30. The smallest absolute Gasteiger partial charge is 0.236 e. The second-order valence-electron chi connectivity index (χ2n) is 5.87. The van der Waals surface area contributed by atoms with E-state index in [4.69, 9.17) is 4.74 Å². The van der Waals surface area contributed by atoms with E-state index >= 15 is 0 Å². The number of nitrogens with one attached hydrogen (secondary N) is 1. The largest absolute Gasteiger partial charge is 0.370 e. The number of ether oxygens (including phenoxy) is 1. The van der Waals surface area contributed by atoms with Gasteiger partial charge in [-0.2, -0.15) is 0 Å². The first-order valence-electron chi connectivity index (χ1n) is 7.33. The van der Waals surface area contributed by atoms with Crippen molar-refractivity contribution in [3.05, 3.63) is 11.9 Å². The predicted octanol–water partition coefficient (Wildman–Crippen LogP) is 0.124. The van der Waals surface area contributed by atoms with Crippen LogP contribution >= 0.6 is 12.4 Å². The van der Waals surface area contributed by atoms with Gasteiger partial charge >= 0.3 is 0 Å². The summed E-state index contributed by atoms with van der Waals surface area (Å²) < 4.78 is 7.78. The summed E-state index contributed by atoms with van der Waals surface area (Å²) in [6, 6.07) is 0.677. The van der Waals surface area contributed by atoms with Crippen molar-refractivity contribution < 1.29 is 9.53 Å². The van der Waals surface area contributed by atoms with Crippen LogP contribution in [-0.4, -0.2) is 57.6 Å². The molecule has 1 aromatic rings. The number of hydrogen-bond donors (Lipinski definition) is 1. The van der Waals surface area contributed by atoms with Gasteiger partial charge in [-0.1, -0.05) is 5.21 Å². The van der Waals surface area contributed by atoms with E-state index in [1.807, 2.05) is 9.58 Å². The Hall–Kier alpha value is -1.18. The van der Waals surface area contributed by atoms with Crippen LogP contribution in [-0.2, 0) is 16.1 Å². The molecule has 1 amide bonds. The molecule has 0 radical (unpaired) electrons. The standard InChI is InChI=1S/C13H19N5O2.ClH/c19-13(6-14-9-1-2-9)17-4-3-12-11(7-17)18-10(8-20-12)5-15-16-18;/h5,9,11-12,14H,1-4,6-8H2;1H/t11-,12-;/m0./s1. The number of rotatable bonds is 3. The SMILES string of the molecule is Cl.O=C(CNC1CC1)N1CC[C@@H]2OCc3cnnn3[C@H]2C1. The maximum atomic E-state index is 12.2. The Bertz CT molecular complexity index is 518. The van der Waals surface area contributed by atoms with Crippen molar-refractivity contribution in [2.75, 3.05) is 19.6 Å². The van der Waals surface area contributed by atoms with E-state index in [1.165, 1.54) is 12.8 Å². The molecular weight excluding hydrogens is 294 g/mol. The quantitative estimate of drug-likeness (QED) is 0.858. The van der Waals surface area contributed by atoms with Gasteiger partial charge in [0.25, 0.3) is 0 Å². The molecule has 4 rings (SSSR count). The summed E-state index contributed by atoms with van der Waals surface area (Å²) >= 11 is 0. The number of carbonyl (C=O) groups excluding carboxylic acids is 1. The second-order valence-corrected chi connectivity index (χ2v) is 5.87. The summed E-state index contributed by atoms with van der Waals surface area (Å²) in [7, 11) is 0. The summed E-state index contributed by atoms with van der Waals surface area (Å²) in [6.07, 6.45) is 5.18. The molecule has 1 saturated heterocycles. The lowest BCUT2D eigenvalue weighted by Crippen LogP contribution is -2.51. The number of aromatic nitrogens is 3. The second kappa shape index (κ2) is 5.90. The molecule has 3 heterocycles. The van der Waals surface area contributed by atoms with Gasteiger partial charge in [-0.15, -0.1) is 17.5 Å². The summed E-state index contributed by atoms with van der Waals surface area (Å²) in [6.45, 7) is 2.47. The average Bonchev–Trinajstić information content (AvgIpc) is 3.18. The third-order valence-corrected chi connectivity index (χ3v) is 4.40. The highest BCUT2D eigenvalue weighted by molar-refractivity contribution is 5.85. The van der Waals surface area contributed by atoms with Crippen LogP contribution < -0.4 is 5.32 Å². The highest BCUT2D eigenvalue weighted by Gasteiger charge is 2.37. The monoisotopic (exact) mass is 313 g/mol. The molecule has 8 heteroatoms. The van der Waals surface area contributed by atoms with Gasteiger partial charge in [-0.25, -0.2) is 4.68 Å². The fourth-order valence-corrected chi connectivity index (χ4v) is 3.04. The van der Waals surface area contributed by atoms with Gasteiger partial charge in [-0.05, 0) is 19.3 Å². The summed E-state index contributed by atoms with van der Waals surface area (Å²) in [5.41, 5.74) is 0.997. The van der Waals surface area contributed by atoms with Gasteiger partial charge in [0.05, 0.1) is 37.2 Å². The molecule has 1 N–H and O–H groups in total. The maximum Gasteiger partial charge on any atom is 0.236 e. The molecule has 0 spiro atoms. The van der Waals surface area contributed by atoms with Crippen molar-refractivity contribution in [3.8, 4) is 0 Å². The van der Waals surface area contributed by atoms with E-state index in [2.05, 4.69) is 15.6 Å². The Balaban J connectivity index is 0.00000132.